The van der Waals surface area contributed by atoms with Gasteiger partial charge in [-0.05, 0) is 35.7 Å². The minimum absolute atomic E-state index is 0.0430. The first-order valence-corrected chi connectivity index (χ1v) is 8.26. The van der Waals surface area contributed by atoms with Gasteiger partial charge in [-0.15, -0.1) is 0 Å². The van der Waals surface area contributed by atoms with Crippen LogP contribution in [-0.4, -0.2) is 21.1 Å². The van der Waals surface area contributed by atoms with Gasteiger partial charge in [0.05, 0.1) is 16.4 Å². The predicted molar refractivity (Wildman–Crippen MR) is 93.7 cm³/mol. The van der Waals surface area contributed by atoms with Crippen LogP contribution >= 0.6 is 11.3 Å². The van der Waals surface area contributed by atoms with E-state index in [9.17, 15) is 13.6 Å². The standard InChI is InChI=1S/C17H12F2N4OS/c1-7-13(10-6-20-23-16(10)15(19)14(7)18)9-3-4-11-12(5-9)25-17(22-11)21-8(2)24/h3-6H,1-2H3,(H,20,23)(H,21,22,24). The molecule has 4 rings (SSSR count). The third-order valence-corrected chi connectivity index (χ3v) is 4.92. The van der Waals surface area contributed by atoms with Crippen LogP contribution in [0.5, 0.6) is 0 Å². The van der Waals surface area contributed by atoms with Crippen molar-refractivity contribution in [3.63, 3.8) is 0 Å². The summed E-state index contributed by atoms with van der Waals surface area (Å²) in [6.45, 7) is 2.96. The highest BCUT2D eigenvalue weighted by molar-refractivity contribution is 7.22. The first-order valence-electron chi connectivity index (χ1n) is 7.45. The van der Waals surface area contributed by atoms with Gasteiger partial charge in [0.25, 0.3) is 0 Å². The maximum Gasteiger partial charge on any atom is 0.223 e. The van der Waals surface area contributed by atoms with Crippen molar-refractivity contribution in [2.24, 2.45) is 0 Å². The largest absolute Gasteiger partial charge is 0.302 e. The van der Waals surface area contributed by atoms with E-state index in [0.717, 1.165) is 15.8 Å². The molecule has 0 aliphatic rings. The van der Waals surface area contributed by atoms with Crippen molar-refractivity contribution in [2.75, 3.05) is 5.32 Å². The molecule has 8 heteroatoms. The summed E-state index contributed by atoms with van der Waals surface area (Å²) in [5.41, 5.74) is 2.30. The number of halogens is 2. The van der Waals surface area contributed by atoms with Crippen molar-refractivity contribution < 1.29 is 13.6 Å². The first-order chi connectivity index (χ1) is 12.0. The Hall–Kier alpha value is -2.87. The zero-order chi connectivity index (χ0) is 17.7. The van der Waals surface area contributed by atoms with Crippen LogP contribution in [0.15, 0.2) is 24.4 Å². The molecule has 0 bridgehead atoms. The van der Waals surface area contributed by atoms with Crippen molar-refractivity contribution in [1.82, 2.24) is 15.2 Å². The van der Waals surface area contributed by atoms with Gasteiger partial charge < -0.3 is 5.32 Å². The summed E-state index contributed by atoms with van der Waals surface area (Å²) in [4.78, 5) is 15.5. The van der Waals surface area contributed by atoms with E-state index in [1.54, 1.807) is 19.1 Å². The van der Waals surface area contributed by atoms with E-state index in [1.165, 1.54) is 24.5 Å². The highest BCUT2D eigenvalue weighted by Crippen LogP contribution is 2.37. The average molecular weight is 358 g/mol. The Kier molecular flexibility index (Phi) is 3.50. The number of rotatable bonds is 2. The monoisotopic (exact) mass is 358 g/mol. The molecule has 25 heavy (non-hydrogen) atoms. The fourth-order valence-corrected chi connectivity index (χ4v) is 3.84. The third kappa shape index (κ3) is 2.45. The molecule has 0 saturated heterocycles. The molecular weight excluding hydrogens is 346 g/mol. The number of carbonyl (C=O) groups excluding carboxylic acids is 1. The molecule has 0 fully saturated rings. The summed E-state index contributed by atoms with van der Waals surface area (Å²) in [6.07, 6.45) is 1.49. The number of fused-ring (bicyclic) bond motifs is 2. The molecule has 0 aliphatic carbocycles. The van der Waals surface area contributed by atoms with Gasteiger partial charge in [0.1, 0.15) is 5.52 Å². The van der Waals surface area contributed by atoms with E-state index in [1.807, 2.05) is 6.07 Å². The lowest BCUT2D eigenvalue weighted by atomic mass is 9.96. The van der Waals surface area contributed by atoms with Crippen molar-refractivity contribution >= 4 is 43.5 Å². The molecule has 126 valence electrons. The number of carbonyl (C=O) groups is 1. The normalized spacial score (nSPS) is 11.4. The minimum atomic E-state index is -0.930. The van der Waals surface area contributed by atoms with E-state index in [-0.39, 0.29) is 17.0 Å². The summed E-state index contributed by atoms with van der Waals surface area (Å²) in [7, 11) is 0. The van der Waals surface area contributed by atoms with Crippen LogP contribution in [0, 0.1) is 18.6 Å². The molecule has 0 atom stereocenters. The Balaban J connectivity index is 1.94. The van der Waals surface area contributed by atoms with Gasteiger partial charge in [-0.25, -0.2) is 13.8 Å². The van der Waals surface area contributed by atoms with Crippen LogP contribution in [0.3, 0.4) is 0 Å². The predicted octanol–water partition coefficient (Wildman–Crippen LogP) is 4.38. The Morgan fingerprint density at radius 2 is 2.08 bits per heavy atom. The fraction of sp³-hybridized carbons (Fsp3) is 0.118. The summed E-state index contributed by atoms with van der Waals surface area (Å²) in [6, 6.07) is 5.44. The molecule has 5 nitrogen and oxygen atoms in total. The van der Waals surface area contributed by atoms with Gasteiger partial charge in [-0.1, -0.05) is 17.4 Å². The molecule has 4 aromatic rings. The molecule has 2 N–H and O–H groups in total. The highest BCUT2D eigenvalue weighted by Gasteiger charge is 2.20. The molecule has 0 spiro atoms. The number of benzene rings is 2. The number of nitrogens with one attached hydrogen (secondary N) is 2. The first kappa shape index (κ1) is 15.6. The second-order valence-corrected chi connectivity index (χ2v) is 6.70. The van der Waals surface area contributed by atoms with Gasteiger partial charge in [0.15, 0.2) is 16.8 Å². The van der Waals surface area contributed by atoms with Gasteiger partial charge in [-0.3, -0.25) is 9.89 Å². The number of nitrogens with zero attached hydrogens (tertiary/aromatic N) is 2. The Morgan fingerprint density at radius 1 is 1.28 bits per heavy atom. The zero-order valence-electron chi connectivity index (χ0n) is 13.3. The second kappa shape index (κ2) is 5.59. The van der Waals surface area contributed by atoms with E-state index in [4.69, 9.17) is 0 Å². The van der Waals surface area contributed by atoms with Crippen LogP contribution in [0.1, 0.15) is 12.5 Å². The van der Waals surface area contributed by atoms with Gasteiger partial charge >= 0.3 is 0 Å². The molecule has 0 aliphatic heterocycles. The molecule has 0 unspecified atom stereocenters. The van der Waals surface area contributed by atoms with Crippen molar-refractivity contribution in [2.45, 2.75) is 13.8 Å². The molecule has 0 saturated carbocycles. The molecule has 2 aromatic heterocycles. The number of thiazole rings is 1. The van der Waals surface area contributed by atoms with E-state index >= 15 is 0 Å². The number of hydrogen-bond acceptors (Lipinski definition) is 4. The van der Waals surface area contributed by atoms with Crippen molar-refractivity contribution in [3.8, 4) is 11.1 Å². The van der Waals surface area contributed by atoms with Crippen LogP contribution < -0.4 is 5.32 Å². The molecule has 1 amide bonds. The lowest BCUT2D eigenvalue weighted by molar-refractivity contribution is -0.114. The maximum atomic E-state index is 14.3. The highest BCUT2D eigenvalue weighted by atomic mass is 32.1. The van der Waals surface area contributed by atoms with Gasteiger partial charge in [0, 0.05) is 12.3 Å². The number of H-pyrrole nitrogens is 1. The van der Waals surface area contributed by atoms with E-state index in [2.05, 4.69) is 20.5 Å². The summed E-state index contributed by atoms with van der Waals surface area (Å²) in [5.74, 6) is -2.02. The number of anilines is 1. The summed E-state index contributed by atoms with van der Waals surface area (Å²) >= 11 is 1.32. The lowest BCUT2D eigenvalue weighted by Gasteiger charge is -2.10. The van der Waals surface area contributed by atoms with Gasteiger partial charge in [-0.2, -0.15) is 5.10 Å². The Morgan fingerprint density at radius 3 is 2.84 bits per heavy atom. The smallest absolute Gasteiger partial charge is 0.223 e. The summed E-state index contributed by atoms with van der Waals surface area (Å²) in [5, 5.41) is 10.0. The summed E-state index contributed by atoms with van der Waals surface area (Å²) < 4.78 is 29.2. The molecule has 0 radical (unpaired) electrons. The van der Waals surface area contributed by atoms with Crippen LogP contribution in [-0.2, 0) is 4.79 Å². The minimum Gasteiger partial charge on any atom is -0.302 e. The Bertz CT molecular complexity index is 1150. The van der Waals surface area contributed by atoms with Crippen molar-refractivity contribution in [3.05, 3.63) is 41.6 Å². The third-order valence-electron chi connectivity index (χ3n) is 3.99. The van der Waals surface area contributed by atoms with E-state index in [0.29, 0.717) is 16.1 Å². The molecule has 2 aromatic carbocycles. The molecule has 2 heterocycles. The quantitative estimate of drug-likeness (QED) is 0.558. The van der Waals surface area contributed by atoms with E-state index < -0.39 is 11.6 Å². The van der Waals surface area contributed by atoms with Gasteiger partial charge in [0.2, 0.25) is 5.91 Å². The Labute approximate surface area is 144 Å². The number of amides is 1. The number of aromatic amines is 1. The van der Waals surface area contributed by atoms with Crippen molar-refractivity contribution in [1.29, 1.82) is 0 Å². The zero-order valence-corrected chi connectivity index (χ0v) is 14.1. The fourth-order valence-electron chi connectivity index (χ4n) is 2.89. The molecular formula is C17H12F2N4OS. The topological polar surface area (TPSA) is 70.7 Å². The maximum absolute atomic E-state index is 14.3. The SMILES string of the molecule is CC(=O)Nc1nc2ccc(-c3c(C)c(F)c(F)c4[nH]ncc34)cc2s1. The number of aromatic nitrogens is 3. The van der Waals surface area contributed by atoms with Crippen LogP contribution in [0.4, 0.5) is 13.9 Å². The lowest BCUT2D eigenvalue weighted by Crippen LogP contribution is -2.04. The number of hydrogen-bond donors (Lipinski definition) is 2. The second-order valence-electron chi connectivity index (χ2n) is 5.67. The van der Waals surface area contributed by atoms with Crippen LogP contribution in [0.25, 0.3) is 32.2 Å². The average Bonchev–Trinajstić information content (AvgIpc) is 3.18. The van der Waals surface area contributed by atoms with Crippen LogP contribution in [0.2, 0.25) is 0 Å².